The van der Waals surface area contributed by atoms with Gasteiger partial charge in [0.15, 0.2) is 0 Å². The zero-order chi connectivity index (χ0) is 8.93. The molecule has 2 rings (SSSR count). The Bertz CT molecular complexity index is 321. The number of hydrogen-bond donors (Lipinski definition) is 1. The average molecular weight is 170 g/mol. The van der Waals surface area contributed by atoms with Gasteiger partial charge in [0.25, 0.3) is 0 Å². The standard InChI is InChI=1S/C10H8N3/c1-2-5-9(6-3-1)13-10-11-7-4-8-12-10/h1-7H,(H,11,12,13). The summed E-state index contributed by atoms with van der Waals surface area (Å²) in [7, 11) is 0. The van der Waals surface area contributed by atoms with Crippen molar-refractivity contribution in [2.24, 2.45) is 0 Å². The topological polar surface area (TPSA) is 37.8 Å². The van der Waals surface area contributed by atoms with Crippen molar-refractivity contribution in [2.75, 3.05) is 5.32 Å². The molecule has 1 radical (unpaired) electrons. The number of nitrogens with one attached hydrogen (secondary N) is 1. The molecule has 3 heteroatoms. The number of para-hydroxylation sites is 1. The van der Waals surface area contributed by atoms with Crippen LogP contribution in [-0.2, 0) is 0 Å². The summed E-state index contributed by atoms with van der Waals surface area (Å²) >= 11 is 0. The van der Waals surface area contributed by atoms with Gasteiger partial charge in [0.1, 0.15) is 0 Å². The van der Waals surface area contributed by atoms with Gasteiger partial charge in [-0.2, -0.15) is 0 Å². The minimum absolute atomic E-state index is 0.564. The second kappa shape index (κ2) is 3.67. The molecule has 63 valence electrons. The van der Waals surface area contributed by atoms with Crippen molar-refractivity contribution in [3.8, 4) is 0 Å². The monoisotopic (exact) mass is 170 g/mol. The van der Waals surface area contributed by atoms with Crippen molar-refractivity contribution >= 4 is 11.6 Å². The second-order valence-corrected chi connectivity index (χ2v) is 2.50. The molecule has 0 spiro atoms. The lowest BCUT2D eigenvalue weighted by molar-refractivity contribution is 1.16. The van der Waals surface area contributed by atoms with E-state index in [4.69, 9.17) is 0 Å². The molecule has 0 saturated heterocycles. The summed E-state index contributed by atoms with van der Waals surface area (Å²) in [6.45, 7) is 0. The molecule has 0 aliphatic carbocycles. The van der Waals surface area contributed by atoms with Crippen LogP contribution in [0.15, 0.2) is 42.6 Å². The van der Waals surface area contributed by atoms with E-state index in [0.717, 1.165) is 5.69 Å². The molecule has 0 aliphatic heterocycles. The maximum absolute atomic E-state index is 4.02. The molecule has 0 unspecified atom stereocenters. The third-order valence-electron chi connectivity index (χ3n) is 1.55. The zero-order valence-corrected chi connectivity index (χ0v) is 6.94. The van der Waals surface area contributed by atoms with Crippen molar-refractivity contribution in [3.63, 3.8) is 0 Å². The van der Waals surface area contributed by atoms with Crippen LogP contribution in [0.1, 0.15) is 0 Å². The number of aromatic nitrogens is 2. The Hall–Kier alpha value is -1.90. The quantitative estimate of drug-likeness (QED) is 0.749. The molecular formula is C10H8N3. The molecule has 0 saturated carbocycles. The Morgan fingerprint density at radius 2 is 2.00 bits per heavy atom. The van der Waals surface area contributed by atoms with Crippen molar-refractivity contribution in [1.82, 2.24) is 9.97 Å². The Morgan fingerprint density at radius 3 is 2.69 bits per heavy atom. The van der Waals surface area contributed by atoms with E-state index in [0.29, 0.717) is 5.95 Å². The molecule has 0 bridgehead atoms. The average Bonchev–Trinajstić information content (AvgIpc) is 2.21. The van der Waals surface area contributed by atoms with Crippen molar-refractivity contribution in [2.45, 2.75) is 0 Å². The first-order valence-electron chi connectivity index (χ1n) is 3.96. The largest absolute Gasteiger partial charge is 0.324 e. The smallest absolute Gasteiger partial charge is 0.227 e. The van der Waals surface area contributed by atoms with Gasteiger partial charge in [0.05, 0.1) is 6.20 Å². The molecule has 1 aromatic carbocycles. The molecule has 1 N–H and O–H groups in total. The third-order valence-corrected chi connectivity index (χ3v) is 1.55. The number of anilines is 2. The molecule has 0 aliphatic rings. The van der Waals surface area contributed by atoms with Crippen LogP contribution in [0.2, 0.25) is 0 Å². The number of rotatable bonds is 2. The van der Waals surface area contributed by atoms with Crippen LogP contribution in [0, 0.1) is 6.20 Å². The molecule has 0 fully saturated rings. The van der Waals surface area contributed by atoms with Gasteiger partial charge in [0.2, 0.25) is 5.95 Å². The van der Waals surface area contributed by atoms with Crippen LogP contribution in [0.5, 0.6) is 0 Å². The van der Waals surface area contributed by atoms with Gasteiger partial charge in [-0.15, -0.1) is 0 Å². The van der Waals surface area contributed by atoms with E-state index < -0.39 is 0 Å². The number of hydrogen-bond acceptors (Lipinski definition) is 3. The molecule has 1 aromatic heterocycles. The van der Waals surface area contributed by atoms with E-state index in [1.165, 1.54) is 0 Å². The maximum Gasteiger partial charge on any atom is 0.227 e. The summed E-state index contributed by atoms with van der Waals surface area (Å²) in [6, 6.07) is 11.4. The zero-order valence-electron chi connectivity index (χ0n) is 6.94. The second-order valence-electron chi connectivity index (χ2n) is 2.50. The predicted octanol–water partition coefficient (Wildman–Crippen LogP) is 2.02. The minimum Gasteiger partial charge on any atom is -0.324 e. The molecule has 3 nitrogen and oxygen atoms in total. The molecule has 1 heterocycles. The normalized spacial score (nSPS) is 9.54. The van der Waals surface area contributed by atoms with E-state index in [1.54, 1.807) is 12.3 Å². The van der Waals surface area contributed by atoms with Gasteiger partial charge >= 0.3 is 0 Å². The van der Waals surface area contributed by atoms with Crippen molar-refractivity contribution in [3.05, 3.63) is 48.8 Å². The Kier molecular flexibility index (Phi) is 2.18. The Morgan fingerprint density at radius 1 is 1.15 bits per heavy atom. The van der Waals surface area contributed by atoms with Crippen LogP contribution >= 0.6 is 0 Å². The fourth-order valence-corrected chi connectivity index (χ4v) is 0.979. The van der Waals surface area contributed by atoms with Crippen LogP contribution in [0.3, 0.4) is 0 Å². The fourth-order valence-electron chi connectivity index (χ4n) is 0.979. The molecule has 0 amide bonds. The van der Waals surface area contributed by atoms with Crippen molar-refractivity contribution < 1.29 is 0 Å². The van der Waals surface area contributed by atoms with Crippen LogP contribution in [0.4, 0.5) is 11.6 Å². The fraction of sp³-hybridized carbons (Fsp3) is 0. The van der Waals surface area contributed by atoms with Crippen LogP contribution < -0.4 is 5.32 Å². The highest BCUT2D eigenvalue weighted by Crippen LogP contribution is 2.09. The highest BCUT2D eigenvalue weighted by molar-refractivity contribution is 5.51. The predicted molar refractivity (Wildman–Crippen MR) is 50.6 cm³/mol. The van der Waals surface area contributed by atoms with E-state index in [1.807, 2.05) is 30.3 Å². The van der Waals surface area contributed by atoms with E-state index in [9.17, 15) is 0 Å². The summed E-state index contributed by atoms with van der Waals surface area (Å²) in [6.07, 6.45) is 4.36. The highest BCUT2D eigenvalue weighted by atomic mass is 15.1. The molecular weight excluding hydrogens is 162 g/mol. The summed E-state index contributed by atoms with van der Waals surface area (Å²) in [5, 5.41) is 3.05. The SMILES string of the molecule is [c]1ccnc(Nc2ccccc2)n1. The first-order chi connectivity index (χ1) is 6.45. The van der Waals surface area contributed by atoms with Gasteiger partial charge in [-0.25, -0.2) is 9.97 Å². The summed E-state index contributed by atoms with van der Waals surface area (Å²) in [5.41, 5.74) is 0.974. The van der Waals surface area contributed by atoms with E-state index >= 15 is 0 Å². The van der Waals surface area contributed by atoms with Gasteiger partial charge in [-0.3, -0.25) is 0 Å². The molecule has 0 atom stereocenters. The van der Waals surface area contributed by atoms with Gasteiger partial charge in [-0.1, -0.05) is 18.2 Å². The highest BCUT2D eigenvalue weighted by Gasteiger charge is 1.93. The lowest BCUT2D eigenvalue weighted by Crippen LogP contribution is -1.94. The van der Waals surface area contributed by atoms with Gasteiger partial charge < -0.3 is 5.32 Å². The lowest BCUT2D eigenvalue weighted by Gasteiger charge is -2.01. The minimum atomic E-state index is 0.564. The Balaban J connectivity index is 2.16. The molecule has 13 heavy (non-hydrogen) atoms. The summed E-state index contributed by atoms with van der Waals surface area (Å²) < 4.78 is 0. The number of benzene rings is 1. The lowest BCUT2D eigenvalue weighted by atomic mass is 10.3. The number of nitrogens with zero attached hydrogens (tertiary/aromatic N) is 2. The van der Waals surface area contributed by atoms with Gasteiger partial charge in [-0.05, 0) is 18.2 Å². The van der Waals surface area contributed by atoms with E-state index in [-0.39, 0.29) is 0 Å². The first kappa shape index (κ1) is 7.73. The van der Waals surface area contributed by atoms with E-state index in [2.05, 4.69) is 21.5 Å². The Labute approximate surface area is 76.5 Å². The van der Waals surface area contributed by atoms with Gasteiger partial charge in [0, 0.05) is 11.9 Å². The molecule has 2 aromatic rings. The van der Waals surface area contributed by atoms with Crippen LogP contribution in [0.25, 0.3) is 0 Å². The summed E-state index contributed by atoms with van der Waals surface area (Å²) in [4.78, 5) is 7.95. The third kappa shape index (κ3) is 2.02. The van der Waals surface area contributed by atoms with Crippen molar-refractivity contribution in [1.29, 1.82) is 0 Å². The van der Waals surface area contributed by atoms with Crippen LogP contribution in [-0.4, -0.2) is 9.97 Å². The summed E-state index contributed by atoms with van der Waals surface area (Å²) in [5.74, 6) is 0.564. The first-order valence-corrected chi connectivity index (χ1v) is 3.96. The maximum atomic E-state index is 4.02.